The van der Waals surface area contributed by atoms with Gasteiger partial charge in [-0.15, -0.1) is 0 Å². The summed E-state index contributed by atoms with van der Waals surface area (Å²) in [6.07, 6.45) is 1.69. The number of hydrogen-bond acceptors (Lipinski definition) is 4. The third kappa shape index (κ3) is 3.99. The van der Waals surface area contributed by atoms with Crippen molar-refractivity contribution in [2.75, 3.05) is 18.0 Å². The molecular formula is C21H21F2N3OS. The smallest absolute Gasteiger partial charge is 0.225 e. The van der Waals surface area contributed by atoms with Crippen molar-refractivity contribution in [3.8, 4) is 0 Å². The van der Waals surface area contributed by atoms with E-state index in [1.165, 1.54) is 17.7 Å². The molecule has 0 bridgehead atoms. The Balaban J connectivity index is 1.41. The number of amides is 1. The minimum Gasteiger partial charge on any atom is -0.352 e. The molecule has 146 valence electrons. The standard InChI is InChI=1S/C21H21F2N3OS/c1-13-4-7-18-19(9-13)28-21(25-18)26-8-2-3-15(12-26)20(27)24-11-14-5-6-16(22)10-17(14)23/h4-7,9-10,15H,2-3,8,11-12H2,1H3,(H,24,27). The van der Waals surface area contributed by atoms with Gasteiger partial charge < -0.3 is 10.2 Å². The zero-order valence-corrected chi connectivity index (χ0v) is 16.4. The summed E-state index contributed by atoms with van der Waals surface area (Å²) >= 11 is 1.64. The molecule has 2 heterocycles. The number of halogens is 2. The Labute approximate surface area is 166 Å². The first-order valence-electron chi connectivity index (χ1n) is 9.33. The van der Waals surface area contributed by atoms with Crippen molar-refractivity contribution < 1.29 is 13.6 Å². The zero-order valence-electron chi connectivity index (χ0n) is 15.5. The molecule has 0 aliphatic carbocycles. The van der Waals surface area contributed by atoms with Gasteiger partial charge in [-0.1, -0.05) is 23.5 Å². The number of aryl methyl sites for hydroxylation is 1. The molecule has 1 aliphatic rings. The summed E-state index contributed by atoms with van der Waals surface area (Å²) in [5.41, 5.74) is 2.46. The number of nitrogens with zero attached hydrogens (tertiary/aromatic N) is 2. The van der Waals surface area contributed by atoms with Crippen LogP contribution in [0, 0.1) is 24.5 Å². The van der Waals surface area contributed by atoms with Crippen LogP contribution in [0.5, 0.6) is 0 Å². The van der Waals surface area contributed by atoms with Crippen molar-refractivity contribution >= 4 is 32.6 Å². The second kappa shape index (κ2) is 7.83. The Kier molecular flexibility index (Phi) is 5.26. The molecule has 0 saturated carbocycles. The molecule has 1 unspecified atom stereocenters. The molecule has 4 nitrogen and oxygen atoms in total. The van der Waals surface area contributed by atoms with E-state index in [-0.39, 0.29) is 23.9 Å². The summed E-state index contributed by atoms with van der Waals surface area (Å²) in [6.45, 7) is 3.58. The maximum atomic E-state index is 13.7. The van der Waals surface area contributed by atoms with Gasteiger partial charge in [0.15, 0.2) is 5.13 Å². The lowest BCUT2D eigenvalue weighted by Crippen LogP contribution is -2.43. The number of hydrogen-bond donors (Lipinski definition) is 1. The van der Waals surface area contributed by atoms with Gasteiger partial charge in [-0.2, -0.15) is 0 Å². The Morgan fingerprint density at radius 2 is 2.14 bits per heavy atom. The van der Waals surface area contributed by atoms with Crippen molar-refractivity contribution in [1.29, 1.82) is 0 Å². The van der Waals surface area contributed by atoms with Gasteiger partial charge in [0, 0.05) is 31.3 Å². The van der Waals surface area contributed by atoms with E-state index in [2.05, 4.69) is 23.2 Å². The normalized spacial score (nSPS) is 17.1. The average molecular weight is 401 g/mol. The molecule has 7 heteroatoms. The molecule has 4 rings (SSSR count). The number of fused-ring (bicyclic) bond motifs is 1. The van der Waals surface area contributed by atoms with Crippen LogP contribution in [0.4, 0.5) is 13.9 Å². The number of piperidine rings is 1. The average Bonchev–Trinajstić information content (AvgIpc) is 3.10. The number of nitrogens with one attached hydrogen (secondary N) is 1. The quantitative estimate of drug-likeness (QED) is 0.704. The number of aromatic nitrogens is 1. The highest BCUT2D eigenvalue weighted by Crippen LogP contribution is 2.32. The summed E-state index contributed by atoms with van der Waals surface area (Å²) in [6, 6.07) is 9.59. The van der Waals surface area contributed by atoms with Crippen LogP contribution < -0.4 is 10.2 Å². The molecule has 0 radical (unpaired) electrons. The molecular weight excluding hydrogens is 380 g/mol. The zero-order chi connectivity index (χ0) is 19.7. The number of thiazole rings is 1. The van der Waals surface area contributed by atoms with Crippen molar-refractivity contribution in [1.82, 2.24) is 10.3 Å². The molecule has 2 aromatic carbocycles. The van der Waals surface area contributed by atoms with Crippen molar-refractivity contribution in [3.05, 3.63) is 59.2 Å². The number of benzene rings is 2. The molecule has 1 atom stereocenters. The molecule has 1 N–H and O–H groups in total. The van der Waals surface area contributed by atoms with Crippen LogP contribution in [0.3, 0.4) is 0 Å². The molecule has 0 spiro atoms. The van der Waals surface area contributed by atoms with Gasteiger partial charge in [-0.3, -0.25) is 4.79 Å². The van der Waals surface area contributed by atoms with Gasteiger partial charge in [-0.05, 0) is 43.5 Å². The number of carbonyl (C=O) groups is 1. The maximum absolute atomic E-state index is 13.7. The topological polar surface area (TPSA) is 45.2 Å². The van der Waals surface area contributed by atoms with Crippen LogP contribution in [-0.2, 0) is 11.3 Å². The predicted octanol–water partition coefficient (Wildman–Crippen LogP) is 4.42. The lowest BCUT2D eigenvalue weighted by molar-refractivity contribution is -0.125. The molecule has 1 fully saturated rings. The first-order chi connectivity index (χ1) is 13.5. The fourth-order valence-electron chi connectivity index (χ4n) is 3.51. The van der Waals surface area contributed by atoms with Gasteiger partial charge in [0.25, 0.3) is 0 Å². The summed E-state index contributed by atoms with van der Waals surface area (Å²) < 4.78 is 27.9. The van der Waals surface area contributed by atoms with Crippen LogP contribution in [0.2, 0.25) is 0 Å². The van der Waals surface area contributed by atoms with Crippen LogP contribution in [0.1, 0.15) is 24.0 Å². The van der Waals surface area contributed by atoms with E-state index in [1.807, 2.05) is 12.1 Å². The summed E-state index contributed by atoms with van der Waals surface area (Å²) in [5.74, 6) is -1.55. The van der Waals surface area contributed by atoms with Gasteiger partial charge in [-0.25, -0.2) is 13.8 Å². The molecule has 1 aliphatic heterocycles. The minimum atomic E-state index is -0.643. The van der Waals surface area contributed by atoms with Gasteiger partial charge in [0.2, 0.25) is 5.91 Å². The lowest BCUT2D eigenvalue weighted by Gasteiger charge is -2.31. The van der Waals surface area contributed by atoms with Crippen molar-refractivity contribution in [3.63, 3.8) is 0 Å². The fourth-order valence-corrected chi connectivity index (χ4v) is 4.61. The lowest BCUT2D eigenvalue weighted by atomic mass is 9.97. The third-order valence-electron chi connectivity index (χ3n) is 5.06. The highest BCUT2D eigenvalue weighted by Gasteiger charge is 2.27. The Bertz CT molecular complexity index is 1020. The first kappa shape index (κ1) is 18.8. The van der Waals surface area contributed by atoms with Crippen molar-refractivity contribution in [2.45, 2.75) is 26.3 Å². The Morgan fingerprint density at radius 3 is 2.96 bits per heavy atom. The van der Waals surface area contributed by atoms with E-state index in [0.29, 0.717) is 6.54 Å². The van der Waals surface area contributed by atoms with Crippen LogP contribution in [0.15, 0.2) is 36.4 Å². The minimum absolute atomic E-state index is 0.0574. The molecule has 3 aromatic rings. The van der Waals surface area contributed by atoms with E-state index in [0.717, 1.165) is 40.8 Å². The largest absolute Gasteiger partial charge is 0.352 e. The van der Waals surface area contributed by atoms with E-state index < -0.39 is 11.6 Å². The fraction of sp³-hybridized carbons (Fsp3) is 0.333. The maximum Gasteiger partial charge on any atom is 0.225 e. The highest BCUT2D eigenvalue weighted by atomic mass is 32.1. The van der Waals surface area contributed by atoms with E-state index in [1.54, 1.807) is 11.3 Å². The Hall–Kier alpha value is -2.54. The number of rotatable bonds is 4. The van der Waals surface area contributed by atoms with Crippen LogP contribution in [-0.4, -0.2) is 24.0 Å². The second-order valence-corrected chi connectivity index (χ2v) is 8.22. The number of anilines is 1. The van der Waals surface area contributed by atoms with Gasteiger partial charge in [0.1, 0.15) is 11.6 Å². The van der Waals surface area contributed by atoms with Crippen LogP contribution >= 0.6 is 11.3 Å². The number of carbonyl (C=O) groups excluding carboxylic acids is 1. The monoisotopic (exact) mass is 401 g/mol. The van der Waals surface area contributed by atoms with Gasteiger partial charge in [0.05, 0.1) is 16.1 Å². The Morgan fingerprint density at radius 1 is 1.29 bits per heavy atom. The third-order valence-corrected chi connectivity index (χ3v) is 6.14. The first-order valence-corrected chi connectivity index (χ1v) is 10.1. The van der Waals surface area contributed by atoms with Gasteiger partial charge >= 0.3 is 0 Å². The SMILES string of the molecule is Cc1ccc2nc(N3CCCC(C(=O)NCc4ccc(F)cc4F)C3)sc2c1. The molecule has 1 amide bonds. The molecule has 28 heavy (non-hydrogen) atoms. The highest BCUT2D eigenvalue weighted by molar-refractivity contribution is 7.22. The van der Waals surface area contributed by atoms with E-state index in [9.17, 15) is 13.6 Å². The molecule has 1 saturated heterocycles. The van der Waals surface area contributed by atoms with Crippen molar-refractivity contribution in [2.24, 2.45) is 5.92 Å². The second-order valence-electron chi connectivity index (χ2n) is 7.21. The summed E-state index contributed by atoms with van der Waals surface area (Å²) in [5, 5.41) is 3.72. The summed E-state index contributed by atoms with van der Waals surface area (Å²) in [7, 11) is 0. The van der Waals surface area contributed by atoms with E-state index >= 15 is 0 Å². The van der Waals surface area contributed by atoms with Crippen LogP contribution in [0.25, 0.3) is 10.2 Å². The predicted molar refractivity (Wildman–Crippen MR) is 107 cm³/mol. The van der Waals surface area contributed by atoms with E-state index in [4.69, 9.17) is 4.98 Å². The summed E-state index contributed by atoms with van der Waals surface area (Å²) in [4.78, 5) is 19.5. The molecule has 1 aromatic heterocycles.